The van der Waals surface area contributed by atoms with E-state index < -0.39 is 6.10 Å². The lowest BCUT2D eigenvalue weighted by Crippen LogP contribution is -2.27. The molecule has 4 nitrogen and oxygen atoms in total. The number of ether oxygens (including phenoxy) is 2. The molecule has 0 saturated carbocycles. The number of benzene rings is 1. The van der Waals surface area contributed by atoms with Gasteiger partial charge in [-0.15, -0.1) is 0 Å². The lowest BCUT2D eigenvalue weighted by Gasteiger charge is -2.19. The fraction of sp³-hybridized carbons (Fsp3) is 0.647. The van der Waals surface area contributed by atoms with Crippen molar-refractivity contribution in [3.8, 4) is 5.75 Å². The van der Waals surface area contributed by atoms with Crippen LogP contribution in [0, 0.1) is 5.92 Å². The van der Waals surface area contributed by atoms with Crippen molar-refractivity contribution in [1.82, 2.24) is 0 Å². The number of rotatable bonds is 10. The van der Waals surface area contributed by atoms with Gasteiger partial charge in [0.05, 0.1) is 31.1 Å². The molecule has 1 aromatic carbocycles. The third-order valence-corrected chi connectivity index (χ3v) is 3.09. The molecule has 120 valence electrons. The third-order valence-electron chi connectivity index (χ3n) is 3.09. The summed E-state index contributed by atoms with van der Waals surface area (Å²) in [7, 11) is 0. The second-order valence-electron chi connectivity index (χ2n) is 5.74. The summed E-state index contributed by atoms with van der Waals surface area (Å²) in [5.74, 6) is 1.41. The van der Waals surface area contributed by atoms with Crippen LogP contribution in [0.2, 0.25) is 0 Å². The van der Waals surface area contributed by atoms with E-state index in [1.54, 1.807) is 0 Å². The third kappa shape index (κ3) is 7.34. The number of anilines is 1. The summed E-state index contributed by atoms with van der Waals surface area (Å²) >= 11 is 0. The Labute approximate surface area is 128 Å². The average molecular weight is 295 g/mol. The van der Waals surface area contributed by atoms with Crippen LogP contribution in [-0.4, -0.2) is 37.1 Å². The first-order valence-corrected chi connectivity index (χ1v) is 7.78. The van der Waals surface area contributed by atoms with Gasteiger partial charge >= 0.3 is 0 Å². The molecule has 0 saturated heterocycles. The molecule has 0 spiro atoms. The minimum absolute atomic E-state index is 0.176. The molecule has 1 rings (SSSR count). The number of hydrogen-bond donors (Lipinski definition) is 2. The smallest absolute Gasteiger partial charge is 0.142 e. The van der Waals surface area contributed by atoms with Gasteiger partial charge in [-0.05, 0) is 38.3 Å². The summed E-state index contributed by atoms with van der Waals surface area (Å²) in [5.41, 5.74) is 0.897. The topological polar surface area (TPSA) is 50.7 Å². The van der Waals surface area contributed by atoms with Crippen molar-refractivity contribution in [3.63, 3.8) is 0 Å². The minimum atomic E-state index is -0.533. The fourth-order valence-corrected chi connectivity index (χ4v) is 2.19. The van der Waals surface area contributed by atoms with Crippen molar-refractivity contribution in [1.29, 1.82) is 0 Å². The van der Waals surface area contributed by atoms with E-state index in [0.717, 1.165) is 17.9 Å². The first kappa shape index (κ1) is 17.8. The molecule has 0 amide bonds. The average Bonchev–Trinajstić information content (AvgIpc) is 2.44. The summed E-state index contributed by atoms with van der Waals surface area (Å²) in [4.78, 5) is 0. The van der Waals surface area contributed by atoms with E-state index in [1.165, 1.54) is 0 Å². The molecule has 0 aliphatic carbocycles. The van der Waals surface area contributed by atoms with Gasteiger partial charge in [-0.3, -0.25) is 0 Å². The molecular formula is C17H29NO3. The Morgan fingerprint density at radius 3 is 2.57 bits per heavy atom. The largest absolute Gasteiger partial charge is 0.492 e. The van der Waals surface area contributed by atoms with E-state index in [2.05, 4.69) is 19.2 Å². The second kappa shape index (κ2) is 9.64. The first-order chi connectivity index (χ1) is 10.0. The summed E-state index contributed by atoms with van der Waals surface area (Å²) in [6.07, 6.45) is 0.650. The molecule has 0 heterocycles. The second-order valence-corrected chi connectivity index (χ2v) is 5.74. The molecule has 0 aliphatic rings. The molecule has 2 N–H and O–H groups in total. The molecule has 2 unspecified atom stereocenters. The van der Waals surface area contributed by atoms with Crippen molar-refractivity contribution in [2.24, 2.45) is 5.92 Å². The van der Waals surface area contributed by atoms with Crippen molar-refractivity contribution >= 4 is 5.69 Å². The van der Waals surface area contributed by atoms with Crippen molar-refractivity contribution in [2.45, 2.75) is 46.3 Å². The summed E-state index contributed by atoms with van der Waals surface area (Å²) in [5, 5.41) is 13.2. The summed E-state index contributed by atoms with van der Waals surface area (Å²) in [6, 6.07) is 7.74. The van der Waals surface area contributed by atoms with Crippen LogP contribution in [0.3, 0.4) is 0 Å². The Morgan fingerprint density at radius 1 is 1.19 bits per heavy atom. The summed E-state index contributed by atoms with van der Waals surface area (Å²) < 4.78 is 11.2. The predicted octanol–water partition coefficient (Wildman–Crippen LogP) is 3.31. The predicted molar refractivity (Wildman–Crippen MR) is 87.0 cm³/mol. The number of nitrogens with one attached hydrogen (secondary N) is 1. The Kier molecular flexibility index (Phi) is 8.16. The molecule has 2 atom stereocenters. The van der Waals surface area contributed by atoms with Crippen LogP contribution in [0.1, 0.15) is 34.1 Å². The molecule has 0 aliphatic heterocycles. The molecule has 0 radical (unpaired) electrons. The monoisotopic (exact) mass is 295 g/mol. The van der Waals surface area contributed by atoms with E-state index in [9.17, 15) is 5.11 Å². The Hall–Kier alpha value is -1.26. The van der Waals surface area contributed by atoms with Gasteiger partial charge in [0.25, 0.3) is 0 Å². The van der Waals surface area contributed by atoms with Crippen LogP contribution in [0.25, 0.3) is 0 Å². The first-order valence-electron chi connectivity index (χ1n) is 7.78. The molecule has 21 heavy (non-hydrogen) atoms. The maximum atomic E-state index is 9.99. The van der Waals surface area contributed by atoms with Gasteiger partial charge in [0.2, 0.25) is 0 Å². The zero-order valence-electron chi connectivity index (χ0n) is 13.6. The number of para-hydroxylation sites is 2. The Morgan fingerprint density at radius 2 is 1.90 bits per heavy atom. The van der Waals surface area contributed by atoms with Crippen LogP contribution in [0.15, 0.2) is 24.3 Å². The van der Waals surface area contributed by atoms with Gasteiger partial charge < -0.3 is 19.9 Å². The van der Waals surface area contributed by atoms with Crippen molar-refractivity contribution in [3.05, 3.63) is 24.3 Å². The summed E-state index contributed by atoms with van der Waals surface area (Å²) in [6.45, 7) is 9.75. The van der Waals surface area contributed by atoms with Gasteiger partial charge in [-0.1, -0.05) is 26.0 Å². The quantitative estimate of drug-likeness (QED) is 0.695. The lowest BCUT2D eigenvalue weighted by atomic mass is 10.1. The van der Waals surface area contributed by atoms with E-state index in [-0.39, 0.29) is 6.10 Å². The highest BCUT2D eigenvalue weighted by atomic mass is 16.5. The highest BCUT2D eigenvalue weighted by Crippen LogP contribution is 2.23. The highest BCUT2D eigenvalue weighted by molar-refractivity contribution is 5.56. The molecule has 0 fully saturated rings. The lowest BCUT2D eigenvalue weighted by molar-refractivity contribution is -0.00445. The van der Waals surface area contributed by atoms with Crippen molar-refractivity contribution < 1.29 is 14.6 Å². The minimum Gasteiger partial charge on any atom is -0.492 e. The fourth-order valence-electron chi connectivity index (χ4n) is 2.19. The maximum absolute atomic E-state index is 9.99. The normalized spacial score (nSPS) is 14.0. The van der Waals surface area contributed by atoms with E-state index >= 15 is 0 Å². The van der Waals surface area contributed by atoms with Crippen LogP contribution < -0.4 is 10.1 Å². The molecule has 0 bridgehead atoms. The maximum Gasteiger partial charge on any atom is 0.142 e. The molecule has 4 heteroatoms. The Bertz CT molecular complexity index is 395. The molecule has 0 aromatic heterocycles. The van der Waals surface area contributed by atoms with Gasteiger partial charge in [-0.25, -0.2) is 0 Å². The highest BCUT2D eigenvalue weighted by Gasteiger charge is 2.10. The number of aliphatic hydroxyl groups is 1. The zero-order valence-corrected chi connectivity index (χ0v) is 13.6. The van der Waals surface area contributed by atoms with Gasteiger partial charge in [-0.2, -0.15) is 0 Å². The van der Waals surface area contributed by atoms with Crippen molar-refractivity contribution in [2.75, 3.05) is 25.1 Å². The van der Waals surface area contributed by atoms with E-state index in [1.807, 2.05) is 38.1 Å². The standard InChI is InChI=1S/C17H29NO3/c1-5-20-17-9-7-6-8-16(17)18-11-15(19)12-21-14(4)10-13(2)3/h6-9,13-15,18-19H,5,10-12H2,1-4H3. The zero-order chi connectivity index (χ0) is 15.7. The Balaban J connectivity index is 2.34. The van der Waals surface area contributed by atoms with Gasteiger partial charge in [0, 0.05) is 6.54 Å². The van der Waals surface area contributed by atoms with Crippen LogP contribution in [-0.2, 0) is 4.74 Å². The van der Waals surface area contributed by atoms with Crippen LogP contribution in [0.5, 0.6) is 5.75 Å². The van der Waals surface area contributed by atoms with Gasteiger partial charge in [0.15, 0.2) is 0 Å². The van der Waals surface area contributed by atoms with E-state index in [0.29, 0.717) is 25.7 Å². The SMILES string of the molecule is CCOc1ccccc1NCC(O)COC(C)CC(C)C. The van der Waals surface area contributed by atoms with Crippen LogP contribution in [0.4, 0.5) is 5.69 Å². The number of hydrogen-bond acceptors (Lipinski definition) is 4. The number of aliphatic hydroxyl groups excluding tert-OH is 1. The van der Waals surface area contributed by atoms with Crippen LogP contribution >= 0.6 is 0 Å². The van der Waals surface area contributed by atoms with E-state index in [4.69, 9.17) is 9.47 Å². The molecular weight excluding hydrogens is 266 g/mol. The van der Waals surface area contributed by atoms with Gasteiger partial charge in [0.1, 0.15) is 5.75 Å². The molecule has 1 aromatic rings.